The van der Waals surface area contributed by atoms with Gasteiger partial charge in [0.25, 0.3) is 0 Å². The van der Waals surface area contributed by atoms with Crippen LogP contribution in [0.15, 0.2) is 0 Å². The Morgan fingerprint density at radius 2 is 0.667 bits per heavy atom. The van der Waals surface area contributed by atoms with E-state index in [1.807, 2.05) is 0 Å². The molecule has 238 valence electrons. The molecule has 0 aromatic heterocycles. The zero-order valence-electron chi connectivity index (χ0n) is 27.6. The van der Waals surface area contributed by atoms with Crippen LogP contribution in [0.2, 0.25) is 6.04 Å². The second-order valence-electron chi connectivity index (χ2n) is 12.6. The summed E-state index contributed by atoms with van der Waals surface area (Å²) in [4.78, 5) is 0. The van der Waals surface area contributed by atoms with Crippen LogP contribution >= 0.6 is 0 Å². The summed E-state index contributed by atoms with van der Waals surface area (Å²) < 4.78 is 17.7. The van der Waals surface area contributed by atoms with Crippen LogP contribution in [0.4, 0.5) is 0 Å². The highest BCUT2D eigenvalue weighted by atomic mass is 35.5. The molecule has 6 heteroatoms. The van der Waals surface area contributed by atoms with Crippen molar-refractivity contribution < 1.29 is 30.2 Å². The third kappa shape index (κ3) is 27.0. The molecule has 0 saturated heterocycles. The van der Waals surface area contributed by atoms with Gasteiger partial charge in [0.2, 0.25) is 0 Å². The summed E-state index contributed by atoms with van der Waals surface area (Å²) in [6.45, 7) is 5.00. The maximum Gasteiger partial charge on any atom is 0.500 e. The van der Waals surface area contributed by atoms with E-state index < -0.39 is 8.80 Å². The lowest BCUT2D eigenvalue weighted by Gasteiger charge is -2.30. The topological polar surface area (TPSA) is 27.7 Å². The molecule has 0 N–H and O–H groups in total. The first-order valence-electron chi connectivity index (χ1n) is 16.9. The van der Waals surface area contributed by atoms with Gasteiger partial charge in [-0.15, -0.1) is 0 Å². The molecule has 0 aliphatic rings. The third-order valence-corrected chi connectivity index (χ3v) is 11.4. The predicted octanol–water partition coefficient (Wildman–Crippen LogP) is 7.33. The number of nitrogens with zero attached hydrogens (tertiary/aromatic N) is 1. The van der Waals surface area contributed by atoms with Crippen molar-refractivity contribution in [1.82, 2.24) is 0 Å². The molecule has 0 bridgehead atoms. The van der Waals surface area contributed by atoms with Gasteiger partial charge in [-0.25, -0.2) is 0 Å². The van der Waals surface area contributed by atoms with Crippen molar-refractivity contribution in [2.45, 2.75) is 167 Å². The first kappa shape index (κ1) is 41.5. The zero-order chi connectivity index (χ0) is 28.2. The van der Waals surface area contributed by atoms with Gasteiger partial charge in [-0.2, -0.15) is 0 Å². The highest BCUT2D eigenvalue weighted by Crippen LogP contribution is 2.19. The summed E-state index contributed by atoms with van der Waals surface area (Å²) in [5.74, 6) is 0. The molecular formula is C33H72ClNO3Si. The number of hydrogen-bond acceptors (Lipinski definition) is 3. The van der Waals surface area contributed by atoms with Gasteiger partial charge < -0.3 is 30.2 Å². The van der Waals surface area contributed by atoms with Crippen molar-refractivity contribution in [1.29, 1.82) is 0 Å². The zero-order valence-corrected chi connectivity index (χ0v) is 29.4. The molecule has 0 amide bonds. The van der Waals surface area contributed by atoms with E-state index in [4.69, 9.17) is 13.3 Å². The molecule has 0 aliphatic heterocycles. The van der Waals surface area contributed by atoms with E-state index in [2.05, 4.69) is 21.0 Å². The van der Waals surface area contributed by atoms with E-state index in [1.165, 1.54) is 165 Å². The predicted molar refractivity (Wildman–Crippen MR) is 170 cm³/mol. The highest BCUT2D eigenvalue weighted by molar-refractivity contribution is 6.60. The number of halogens is 1. The molecule has 0 aliphatic carbocycles. The molecule has 0 fully saturated rings. The fourth-order valence-electron chi connectivity index (χ4n) is 5.70. The second kappa shape index (κ2) is 29.8. The third-order valence-electron chi connectivity index (χ3n) is 8.55. The van der Waals surface area contributed by atoms with E-state index in [-0.39, 0.29) is 12.4 Å². The van der Waals surface area contributed by atoms with Crippen molar-refractivity contribution in [3.8, 4) is 0 Å². The van der Waals surface area contributed by atoms with Gasteiger partial charge in [-0.3, -0.25) is 0 Å². The normalized spacial score (nSPS) is 12.2. The molecule has 0 radical (unpaired) electrons. The molecule has 4 nitrogen and oxygen atoms in total. The van der Waals surface area contributed by atoms with Gasteiger partial charge in [0.15, 0.2) is 0 Å². The molecule has 0 saturated carbocycles. The summed E-state index contributed by atoms with van der Waals surface area (Å²) in [6.07, 6.45) is 33.9. The van der Waals surface area contributed by atoms with Gasteiger partial charge in [0, 0.05) is 27.4 Å². The van der Waals surface area contributed by atoms with Gasteiger partial charge in [-0.05, 0) is 32.1 Å². The fourth-order valence-corrected chi connectivity index (χ4v) is 7.49. The minimum Gasteiger partial charge on any atom is -1.00 e. The van der Waals surface area contributed by atoms with E-state index in [9.17, 15) is 0 Å². The maximum absolute atomic E-state index is 5.51. The Morgan fingerprint density at radius 1 is 0.410 bits per heavy atom. The molecule has 0 spiro atoms. The van der Waals surface area contributed by atoms with Crippen molar-refractivity contribution in [3.05, 3.63) is 0 Å². The number of rotatable bonds is 31. The summed E-state index contributed by atoms with van der Waals surface area (Å²) in [7, 11) is 7.65. The smallest absolute Gasteiger partial charge is 0.500 e. The second-order valence-corrected chi connectivity index (χ2v) is 15.7. The lowest BCUT2D eigenvalue weighted by molar-refractivity contribution is -0.890. The lowest BCUT2D eigenvalue weighted by atomic mass is 10.0. The van der Waals surface area contributed by atoms with Gasteiger partial charge in [0.1, 0.15) is 0 Å². The molecule has 39 heavy (non-hydrogen) atoms. The van der Waals surface area contributed by atoms with Crippen LogP contribution in [-0.4, -0.2) is 61.8 Å². The first-order chi connectivity index (χ1) is 18.4. The van der Waals surface area contributed by atoms with Crippen LogP contribution in [-0.2, 0) is 13.3 Å². The minimum absolute atomic E-state index is 0. The highest BCUT2D eigenvalue weighted by Gasteiger charge is 2.36. The van der Waals surface area contributed by atoms with Gasteiger partial charge in [0.05, 0.1) is 27.2 Å². The van der Waals surface area contributed by atoms with Crippen LogP contribution < -0.4 is 12.4 Å². The number of quaternary nitrogens is 1. The average molecular weight is 594 g/mol. The lowest BCUT2D eigenvalue weighted by Crippen LogP contribution is -3.00. The van der Waals surface area contributed by atoms with E-state index in [1.54, 1.807) is 21.3 Å². The summed E-state index contributed by atoms with van der Waals surface area (Å²) in [5, 5.41) is 0. The van der Waals surface area contributed by atoms with Gasteiger partial charge in [-0.1, -0.05) is 129 Å². The summed E-state index contributed by atoms with van der Waals surface area (Å²) in [6, 6.07) is 0.933. The average Bonchev–Trinajstić information content (AvgIpc) is 2.92. The Kier molecular flexibility index (Phi) is 31.7. The van der Waals surface area contributed by atoms with Crippen LogP contribution in [0.5, 0.6) is 0 Å². The summed E-state index contributed by atoms with van der Waals surface area (Å²) in [5.41, 5.74) is 0. The molecule has 0 rings (SSSR count). The Morgan fingerprint density at radius 3 is 0.949 bits per heavy atom. The fraction of sp³-hybridized carbons (Fsp3) is 1.00. The van der Waals surface area contributed by atoms with Crippen LogP contribution in [0.1, 0.15) is 161 Å². The molecule has 0 aromatic rings. The van der Waals surface area contributed by atoms with Crippen molar-refractivity contribution in [2.75, 3.05) is 48.5 Å². The monoisotopic (exact) mass is 593 g/mol. The van der Waals surface area contributed by atoms with Crippen molar-refractivity contribution in [3.63, 3.8) is 0 Å². The molecular weight excluding hydrogens is 522 g/mol. The van der Waals surface area contributed by atoms with E-state index in [0.717, 1.165) is 12.5 Å². The number of unbranched alkanes of at least 4 members (excludes halogenated alkanes) is 22. The minimum atomic E-state index is -2.35. The van der Waals surface area contributed by atoms with Crippen molar-refractivity contribution in [2.24, 2.45) is 0 Å². The SMILES string of the molecule is CCCCCCCCCCCCCCCCCC[N+](C)(C)CCCCCCCCCC[Si](OC)(OC)OC.[Cl-]. The molecule has 0 atom stereocenters. The van der Waals surface area contributed by atoms with Crippen LogP contribution in [0, 0.1) is 0 Å². The molecule has 0 heterocycles. The van der Waals surface area contributed by atoms with Crippen LogP contribution in [0.3, 0.4) is 0 Å². The maximum atomic E-state index is 5.51. The largest absolute Gasteiger partial charge is 1.00 e. The van der Waals surface area contributed by atoms with Gasteiger partial charge >= 0.3 is 8.80 Å². The first-order valence-corrected chi connectivity index (χ1v) is 18.9. The Labute approximate surface area is 254 Å². The Bertz CT molecular complexity index is 470. The Hall–Kier alpha value is 0.347. The van der Waals surface area contributed by atoms with Crippen LogP contribution in [0.25, 0.3) is 0 Å². The molecule has 0 aromatic carbocycles. The van der Waals surface area contributed by atoms with E-state index >= 15 is 0 Å². The summed E-state index contributed by atoms with van der Waals surface area (Å²) >= 11 is 0. The molecule has 0 unspecified atom stereocenters. The quantitative estimate of drug-likeness (QED) is 0.0478. The Balaban J connectivity index is 0. The van der Waals surface area contributed by atoms with Crippen molar-refractivity contribution >= 4 is 8.80 Å². The number of hydrogen-bond donors (Lipinski definition) is 0. The standard InChI is InChI=1S/C33H72NO3Si.ClH/c1-7-8-9-10-11-12-13-14-15-16-17-18-19-22-25-28-31-34(2,3)32-29-26-23-20-21-24-27-30-33-38(35-4,36-5)37-6;/h7-33H2,1-6H3;1H/q+1;/p-1. The van der Waals surface area contributed by atoms with E-state index in [0.29, 0.717) is 0 Å².